The van der Waals surface area contributed by atoms with Gasteiger partial charge < -0.3 is 4.90 Å². The first-order chi connectivity index (χ1) is 5.75. The van der Waals surface area contributed by atoms with Gasteiger partial charge in [0.1, 0.15) is 0 Å². The third kappa shape index (κ3) is 2.05. The molecule has 0 amide bonds. The van der Waals surface area contributed by atoms with Gasteiger partial charge in [-0.05, 0) is 17.5 Å². The topological polar surface area (TPSA) is 3.24 Å². The molecule has 0 radical (unpaired) electrons. The molecule has 0 aliphatic rings. The summed E-state index contributed by atoms with van der Waals surface area (Å²) >= 11 is 1.65. The van der Waals surface area contributed by atoms with Crippen LogP contribution < -0.4 is 4.90 Å². The molecule has 0 atom stereocenters. The van der Waals surface area contributed by atoms with E-state index in [4.69, 9.17) is 0 Å². The van der Waals surface area contributed by atoms with E-state index in [0.717, 1.165) is 0 Å². The highest BCUT2D eigenvalue weighted by molar-refractivity contribution is 8.02. The maximum atomic E-state index is 3.70. The molecule has 0 fully saturated rings. The van der Waals surface area contributed by atoms with E-state index in [2.05, 4.69) is 23.6 Å². The maximum absolute atomic E-state index is 3.70. The van der Waals surface area contributed by atoms with Gasteiger partial charge in [0.05, 0.1) is 5.69 Å². The van der Waals surface area contributed by atoms with Crippen LogP contribution in [0.3, 0.4) is 0 Å². The predicted molar refractivity (Wildman–Crippen MR) is 56.8 cm³/mol. The van der Waals surface area contributed by atoms with Crippen LogP contribution in [0.2, 0.25) is 0 Å². The fraction of sp³-hybridized carbons (Fsp3) is 0.200. The van der Waals surface area contributed by atoms with Crippen molar-refractivity contribution >= 4 is 17.4 Å². The molecule has 1 nitrogen and oxygen atoms in total. The van der Waals surface area contributed by atoms with Crippen molar-refractivity contribution < 1.29 is 0 Å². The molecule has 1 aromatic rings. The summed E-state index contributed by atoms with van der Waals surface area (Å²) in [5.41, 5.74) is 1.24. The molecule has 0 aromatic heterocycles. The number of rotatable bonds is 3. The predicted octanol–water partition coefficient (Wildman–Crippen LogP) is 2.99. The van der Waals surface area contributed by atoms with Gasteiger partial charge in [-0.25, -0.2) is 0 Å². The van der Waals surface area contributed by atoms with Crippen molar-refractivity contribution in [2.45, 2.75) is 4.90 Å². The van der Waals surface area contributed by atoms with Crippen molar-refractivity contribution in [2.75, 3.05) is 19.0 Å². The normalized spacial score (nSPS) is 9.50. The summed E-state index contributed by atoms with van der Waals surface area (Å²) in [6, 6.07) is 8.29. The Kier molecular flexibility index (Phi) is 3.23. The molecule has 0 saturated heterocycles. The fourth-order valence-corrected chi connectivity index (χ4v) is 1.72. The first kappa shape index (κ1) is 9.20. The van der Waals surface area contributed by atoms with Gasteiger partial charge in [-0.2, -0.15) is 0 Å². The van der Waals surface area contributed by atoms with Crippen molar-refractivity contribution in [3.8, 4) is 0 Å². The van der Waals surface area contributed by atoms with E-state index in [1.165, 1.54) is 10.6 Å². The minimum atomic E-state index is 1.24. The number of hydrogen-bond donors (Lipinski definition) is 0. The Morgan fingerprint density at radius 3 is 2.58 bits per heavy atom. The van der Waals surface area contributed by atoms with Crippen LogP contribution >= 0.6 is 11.8 Å². The third-order valence-electron chi connectivity index (χ3n) is 1.56. The second kappa shape index (κ2) is 4.21. The molecule has 12 heavy (non-hydrogen) atoms. The number of anilines is 1. The number of para-hydroxylation sites is 1. The Balaban J connectivity index is 2.99. The molecule has 0 heterocycles. The molecule has 1 aromatic carbocycles. The van der Waals surface area contributed by atoms with E-state index in [-0.39, 0.29) is 0 Å². The summed E-state index contributed by atoms with van der Waals surface area (Å²) in [6.45, 7) is 3.70. The van der Waals surface area contributed by atoms with Crippen LogP contribution in [0.25, 0.3) is 0 Å². The SMILES string of the molecule is C=CSc1ccccc1N(C)C. The van der Waals surface area contributed by atoms with Gasteiger partial charge in [0.2, 0.25) is 0 Å². The quantitative estimate of drug-likeness (QED) is 0.656. The van der Waals surface area contributed by atoms with Crippen LogP contribution in [-0.2, 0) is 0 Å². The van der Waals surface area contributed by atoms with Crippen LogP contribution in [0.4, 0.5) is 5.69 Å². The highest BCUT2D eigenvalue weighted by atomic mass is 32.2. The molecule has 64 valence electrons. The number of thioether (sulfide) groups is 1. The van der Waals surface area contributed by atoms with Gasteiger partial charge in [-0.3, -0.25) is 0 Å². The molecular weight excluding hydrogens is 166 g/mol. The number of benzene rings is 1. The summed E-state index contributed by atoms with van der Waals surface area (Å²) in [4.78, 5) is 3.35. The number of nitrogens with zero attached hydrogens (tertiary/aromatic N) is 1. The lowest BCUT2D eigenvalue weighted by Crippen LogP contribution is -2.09. The summed E-state index contributed by atoms with van der Waals surface area (Å²) in [7, 11) is 4.09. The summed E-state index contributed by atoms with van der Waals surface area (Å²) in [6.07, 6.45) is 0. The van der Waals surface area contributed by atoms with Crippen LogP contribution in [0.5, 0.6) is 0 Å². The minimum absolute atomic E-state index is 1.24. The molecular formula is C10H13NS. The largest absolute Gasteiger partial charge is 0.377 e. The smallest absolute Gasteiger partial charge is 0.0502 e. The van der Waals surface area contributed by atoms with E-state index in [1.807, 2.05) is 31.6 Å². The molecule has 0 N–H and O–H groups in total. The molecule has 0 bridgehead atoms. The van der Waals surface area contributed by atoms with Crippen molar-refractivity contribution in [1.82, 2.24) is 0 Å². The van der Waals surface area contributed by atoms with Gasteiger partial charge in [0.15, 0.2) is 0 Å². The molecule has 0 unspecified atom stereocenters. The van der Waals surface area contributed by atoms with E-state index in [0.29, 0.717) is 0 Å². The second-order valence-corrected chi connectivity index (χ2v) is 3.66. The van der Waals surface area contributed by atoms with Crippen molar-refractivity contribution in [3.05, 3.63) is 36.3 Å². The Labute approximate surface area is 78.1 Å². The zero-order valence-corrected chi connectivity index (χ0v) is 8.27. The average Bonchev–Trinajstić information content (AvgIpc) is 2.05. The van der Waals surface area contributed by atoms with Crippen LogP contribution in [-0.4, -0.2) is 14.1 Å². The zero-order chi connectivity index (χ0) is 8.97. The number of hydrogen-bond acceptors (Lipinski definition) is 2. The van der Waals surface area contributed by atoms with Gasteiger partial charge in [0.25, 0.3) is 0 Å². The van der Waals surface area contributed by atoms with Gasteiger partial charge in [-0.1, -0.05) is 30.5 Å². The fourth-order valence-electron chi connectivity index (χ4n) is 1.02. The summed E-state index contributed by atoms with van der Waals surface area (Å²) < 4.78 is 0. The van der Waals surface area contributed by atoms with Crippen LogP contribution in [0.15, 0.2) is 41.1 Å². The Morgan fingerprint density at radius 2 is 2.00 bits per heavy atom. The van der Waals surface area contributed by atoms with Crippen LogP contribution in [0, 0.1) is 0 Å². The third-order valence-corrected chi connectivity index (χ3v) is 2.32. The highest BCUT2D eigenvalue weighted by Gasteiger charge is 2.00. The van der Waals surface area contributed by atoms with Crippen molar-refractivity contribution in [1.29, 1.82) is 0 Å². The molecule has 0 aliphatic carbocycles. The molecule has 0 saturated carbocycles. The Bertz CT molecular complexity index is 268. The Hall–Kier alpha value is -0.890. The van der Waals surface area contributed by atoms with E-state index < -0.39 is 0 Å². The average molecular weight is 179 g/mol. The van der Waals surface area contributed by atoms with Crippen LogP contribution in [0.1, 0.15) is 0 Å². The minimum Gasteiger partial charge on any atom is -0.377 e. The maximum Gasteiger partial charge on any atom is 0.0502 e. The van der Waals surface area contributed by atoms with Gasteiger partial charge in [0, 0.05) is 19.0 Å². The van der Waals surface area contributed by atoms with Crippen molar-refractivity contribution in [2.24, 2.45) is 0 Å². The lowest BCUT2D eigenvalue weighted by Gasteiger charge is -2.15. The Morgan fingerprint density at radius 1 is 1.33 bits per heavy atom. The lowest BCUT2D eigenvalue weighted by atomic mass is 10.3. The summed E-state index contributed by atoms with van der Waals surface area (Å²) in [5, 5.41) is 1.85. The van der Waals surface area contributed by atoms with Gasteiger partial charge in [-0.15, -0.1) is 0 Å². The van der Waals surface area contributed by atoms with E-state index in [1.54, 1.807) is 11.8 Å². The van der Waals surface area contributed by atoms with E-state index >= 15 is 0 Å². The first-order valence-corrected chi connectivity index (χ1v) is 4.67. The zero-order valence-electron chi connectivity index (χ0n) is 7.45. The molecule has 0 aliphatic heterocycles. The molecule has 0 spiro atoms. The molecule has 1 rings (SSSR count). The first-order valence-electron chi connectivity index (χ1n) is 3.79. The standard InChI is InChI=1S/C10H13NS/c1-4-12-10-8-6-5-7-9(10)11(2)3/h4-8H,1H2,2-3H3. The lowest BCUT2D eigenvalue weighted by molar-refractivity contribution is 1.10. The second-order valence-electron chi connectivity index (χ2n) is 2.65. The molecule has 2 heteroatoms. The summed E-state index contributed by atoms with van der Waals surface area (Å²) in [5.74, 6) is 0. The van der Waals surface area contributed by atoms with Gasteiger partial charge >= 0.3 is 0 Å². The monoisotopic (exact) mass is 179 g/mol. The van der Waals surface area contributed by atoms with E-state index in [9.17, 15) is 0 Å². The highest BCUT2D eigenvalue weighted by Crippen LogP contribution is 2.28. The van der Waals surface area contributed by atoms with Crippen molar-refractivity contribution in [3.63, 3.8) is 0 Å².